The first-order valence-electron chi connectivity index (χ1n) is 30.5. The number of hydrogen-bond donors (Lipinski definition) is 8. The zero-order valence-electron chi connectivity index (χ0n) is 49.9. The number of carbonyl (C=O) groups is 6. The van der Waals surface area contributed by atoms with E-state index in [1.165, 1.54) is 11.1 Å². The topological polar surface area (TPSA) is 283 Å². The molecule has 4 fully saturated rings. The van der Waals surface area contributed by atoms with Gasteiger partial charge in [-0.3, -0.25) is 38.1 Å². The summed E-state index contributed by atoms with van der Waals surface area (Å²) in [5, 5.41) is 56.3. The van der Waals surface area contributed by atoms with Gasteiger partial charge in [0.2, 0.25) is 35.4 Å². The van der Waals surface area contributed by atoms with Gasteiger partial charge in [0.15, 0.2) is 0 Å². The zero-order valence-corrected chi connectivity index (χ0v) is 49.9. The zero-order chi connectivity index (χ0) is 60.6. The molecule has 0 saturated carbocycles. The maximum atomic E-state index is 14.3. The highest BCUT2D eigenvalue weighted by Crippen LogP contribution is 2.37. The molecule has 4 saturated heterocycles. The highest BCUT2D eigenvalue weighted by Gasteiger charge is 2.50. The van der Waals surface area contributed by atoms with Crippen molar-refractivity contribution in [3.05, 3.63) is 132 Å². The van der Waals surface area contributed by atoms with Crippen molar-refractivity contribution in [3.8, 4) is 0 Å². The number of aromatic nitrogens is 6. The molecule has 4 aromatic rings. The molecule has 6 heterocycles. The summed E-state index contributed by atoms with van der Waals surface area (Å²) in [5.74, 6) is -2.97. The number of aryl methyl sites for hydroxylation is 4. The number of aliphatic hydroxyl groups is 2. The summed E-state index contributed by atoms with van der Waals surface area (Å²) in [4.78, 5) is 86.2. The monoisotopic (exact) mass is 1170 g/mol. The van der Waals surface area contributed by atoms with Gasteiger partial charge in [-0.05, 0) is 147 Å². The summed E-state index contributed by atoms with van der Waals surface area (Å²) in [6.45, 7) is 10.3. The van der Waals surface area contributed by atoms with E-state index in [0.717, 1.165) is 44.1 Å². The molecule has 8 rings (SSSR count). The molecule has 8 N–H and O–H groups in total. The van der Waals surface area contributed by atoms with Crippen LogP contribution in [0.3, 0.4) is 0 Å². The highest BCUT2D eigenvalue weighted by atomic mass is 16.3. The number of aliphatic hydroxyl groups excluding tert-OH is 2. The Morgan fingerprint density at radius 3 is 1.59 bits per heavy atom. The minimum atomic E-state index is -0.955. The molecule has 4 aliphatic rings. The SMILES string of the molecule is C=C(/C=C\C=C/C)[C@H](NC(=O)[C@@H]1CC[C@@H]2CC[C@H](CO)[C@H](NC(=O)[C@H](C)NC)C(=O)N21)c1cn(CCCCc2ccc(CCCCn3cc([C@@H](NC(=O)[C@@H]4CC[C@@H]5CC[C@H](CO)[C@H](NC(=O)[C@H](C)NC)C(=O)N54)c4ccccc4)nn3)cc2)nn1. The summed E-state index contributed by atoms with van der Waals surface area (Å²) in [5.41, 5.74) is 5.01. The van der Waals surface area contributed by atoms with Crippen LogP contribution in [0.4, 0.5) is 0 Å². The Morgan fingerprint density at radius 1 is 0.635 bits per heavy atom. The number of nitrogens with one attached hydrogen (secondary N) is 6. The Bertz CT molecular complexity index is 2960. The summed E-state index contributed by atoms with van der Waals surface area (Å²) < 4.78 is 3.59. The molecule has 0 aliphatic carbocycles. The van der Waals surface area contributed by atoms with E-state index in [1.54, 1.807) is 42.4 Å². The molecule has 6 amide bonds. The fraction of sp³-hybridized carbons (Fsp3) is 0.556. The molecule has 2 aromatic carbocycles. The lowest BCUT2D eigenvalue weighted by Gasteiger charge is -2.33. The van der Waals surface area contributed by atoms with Crippen molar-refractivity contribution in [2.45, 2.75) is 184 Å². The minimum absolute atomic E-state index is 0.173. The molecule has 458 valence electrons. The number of nitrogens with zero attached hydrogens (tertiary/aromatic N) is 8. The first-order chi connectivity index (χ1) is 41.2. The molecule has 0 radical (unpaired) electrons. The van der Waals surface area contributed by atoms with Crippen LogP contribution in [0.1, 0.15) is 138 Å². The standard InChI is InChI=1S/C63H88N14O8/c1-7-8-10-17-40(2)54(66-60(82)52-32-30-48-28-26-46(38-78)56(62(84)76(48)52)68-58(80)41(3)64-5)50-36-74(72-70-50)34-15-13-18-43-22-24-44(25-23-43)19-14-16-35-75-37-51(71-73-75)55(45-20-11-9-12-21-45)67-61(83)53-33-31-49-29-27-47(39-79)57(63(85)77(49)53)69-59(81)42(4)65-6/h7-12,17,20-25,36-37,41-42,46-49,52-57,64-65,78-79H,2,13-16,18-19,26-35,38-39H2,1,3-6H3,(H,66,82)(H,67,83)(H,68,80)(H,69,81)/b8-7-,17-10-/t41-,42-,46+,47+,48-,49-,52-,53-,54-,55-,56-,57-/m0/s1. The highest BCUT2D eigenvalue weighted by molar-refractivity contribution is 5.95. The Labute approximate surface area is 499 Å². The van der Waals surface area contributed by atoms with Crippen LogP contribution in [-0.4, -0.2) is 161 Å². The van der Waals surface area contributed by atoms with Gasteiger partial charge < -0.3 is 51.9 Å². The van der Waals surface area contributed by atoms with Gasteiger partial charge in [0.1, 0.15) is 35.6 Å². The van der Waals surface area contributed by atoms with Gasteiger partial charge in [-0.2, -0.15) is 0 Å². The van der Waals surface area contributed by atoms with Gasteiger partial charge in [-0.25, -0.2) is 0 Å². The predicted octanol–water partition coefficient (Wildman–Crippen LogP) is 3.68. The van der Waals surface area contributed by atoms with Crippen LogP contribution >= 0.6 is 0 Å². The first-order valence-corrected chi connectivity index (χ1v) is 30.5. The average Bonchev–Trinajstić information content (AvgIpc) is 4.45. The molecule has 0 spiro atoms. The van der Waals surface area contributed by atoms with Gasteiger partial charge in [0, 0.05) is 50.2 Å². The van der Waals surface area contributed by atoms with Crippen molar-refractivity contribution >= 4 is 35.4 Å². The van der Waals surface area contributed by atoms with E-state index in [2.05, 4.69) is 83.4 Å². The number of fused-ring (bicyclic) bond motifs is 2. The first kappa shape index (κ1) is 63.6. The van der Waals surface area contributed by atoms with Gasteiger partial charge >= 0.3 is 0 Å². The summed E-state index contributed by atoms with van der Waals surface area (Å²) in [6.07, 6.45) is 21.0. The number of allylic oxidation sites excluding steroid dienone is 3. The number of benzene rings is 2. The smallest absolute Gasteiger partial charge is 0.246 e. The molecular weight excluding hydrogens is 1080 g/mol. The van der Waals surface area contributed by atoms with Gasteiger partial charge in [-0.15, -0.1) is 10.2 Å². The Hall–Kier alpha value is -7.40. The second-order valence-electron chi connectivity index (χ2n) is 23.3. The third-order valence-corrected chi connectivity index (χ3v) is 17.7. The molecule has 22 heteroatoms. The van der Waals surface area contributed by atoms with E-state index in [-0.39, 0.29) is 60.7 Å². The number of likely N-dealkylation sites (N-methyl/N-ethyl adjacent to an activating group) is 2. The van der Waals surface area contributed by atoms with E-state index in [9.17, 15) is 39.0 Å². The van der Waals surface area contributed by atoms with E-state index in [4.69, 9.17) is 0 Å². The fourth-order valence-corrected chi connectivity index (χ4v) is 12.3. The quantitative estimate of drug-likeness (QED) is 0.0298. The fourth-order valence-electron chi connectivity index (χ4n) is 12.3. The van der Waals surface area contributed by atoms with Crippen molar-refractivity contribution in [1.82, 2.24) is 71.7 Å². The molecule has 12 atom stereocenters. The third-order valence-electron chi connectivity index (χ3n) is 17.7. The van der Waals surface area contributed by atoms with Crippen LogP contribution in [0.15, 0.2) is 103 Å². The van der Waals surface area contributed by atoms with Crippen LogP contribution in [0, 0.1) is 11.8 Å². The Kier molecular flexibility index (Phi) is 22.9. The number of carbonyl (C=O) groups excluding carboxylic acids is 6. The third kappa shape index (κ3) is 15.9. The van der Waals surface area contributed by atoms with Gasteiger partial charge in [0.05, 0.1) is 36.6 Å². The number of rotatable bonds is 28. The number of unbranched alkanes of at least 4 members (excludes halogenated alkanes) is 2. The van der Waals surface area contributed by atoms with E-state index in [0.29, 0.717) is 81.4 Å². The van der Waals surface area contributed by atoms with Crippen LogP contribution in [0.5, 0.6) is 0 Å². The Balaban J connectivity index is 0.806. The average molecular weight is 1170 g/mol. The number of amides is 6. The lowest BCUT2D eigenvalue weighted by molar-refractivity contribution is -0.144. The van der Waals surface area contributed by atoms with E-state index < -0.39 is 60.2 Å². The maximum absolute atomic E-state index is 14.3. The van der Waals surface area contributed by atoms with Crippen LogP contribution in [0.2, 0.25) is 0 Å². The van der Waals surface area contributed by atoms with E-state index >= 15 is 0 Å². The van der Waals surface area contributed by atoms with Crippen molar-refractivity contribution in [3.63, 3.8) is 0 Å². The van der Waals surface area contributed by atoms with Crippen molar-refractivity contribution < 1.29 is 39.0 Å². The van der Waals surface area contributed by atoms with Crippen molar-refractivity contribution in [2.75, 3.05) is 27.3 Å². The second-order valence-corrected chi connectivity index (χ2v) is 23.3. The summed E-state index contributed by atoms with van der Waals surface area (Å²) >= 11 is 0. The molecule has 4 aliphatic heterocycles. The van der Waals surface area contributed by atoms with Gasteiger partial charge in [-0.1, -0.05) is 95.9 Å². The van der Waals surface area contributed by atoms with E-state index in [1.807, 2.05) is 78.6 Å². The molecule has 0 unspecified atom stereocenters. The molecule has 22 nitrogen and oxygen atoms in total. The Morgan fingerprint density at radius 2 is 1.11 bits per heavy atom. The second kappa shape index (κ2) is 30.6. The van der Waals surface area contributed by atoms with Crippen LogP contribution in [-0.2, 0) is 54.7 Å². The normalized spacial score (nSPS) is 23.8. The van der Waals surface area contributed by atoms with Crippen LogP contribution in [0.25, 0.3) is 0 Å². The number of hydrogen-bond acceptors (Lipinski definition) is 14. The minimum Gasteiger partial charge on any atom is -0.396 e. The summed E-state index contributed by atoms with van der Waals surface area (Å²) in [7, 11) is 3.33. The largest absolute Gasteiger partial charge is 0.396 e. The van der Waals surface area contributed by atoms with Crippen molar-refractivity contribution in [2.24, 2.45) is 11.8 Å². The van der Waals surface area contributed by atoms with Crippen LogP contribution < -0.4 is 31.9 Å². The molecule has 2 aromatic heterocycles. The predicted molar refractivity (Wildman–Crippen MR) is 321 cm³/mol. The summed E-state index contributed by atoms with van der Waals surface area (Å²) in [6, 6.07) is 12.1. The maximum Gasteiger partial charge on any atom is 0.246 e. The molecular formula is C63H88N14O8. The molecule has 85 heavy (non-hydrogen) atoms. The lowest BCUT2D eigenvalue weighted by Crippen LogP contribution is -2.58. The lowest BCUT2D eigenvalue weighted by atomic mass is 9.94. The molecule has 0 bridgehead atoms. The van der Waals surface area contributed by atoms with Gasteiger partial charge in [0.25, 0.3) is 0 Å². The van der Waals surface area contributed by atoms with Crippen molar-refractivity contribution in [1.29, 1.82) is 0 Å².